The summed E-state index contributed by atoms with van der Waals surface area (Å²) in [6, 6.07) is 5.21. The standard InChI is InChI=1S/C18H25ClN2O3S/c1-14-8-9-16(12-17(14)19)20-18(22)13-21(25(2,23)24)11-10-15-6-4-3-5-7-15/h6,8-9,12H,3-5,7,10-11,13H2,1-2H3,(H,20,22). The number of benzene rings is 1. The molecule has 0 spiro atoms. The predicted octanol–water partition coefficient (Wildman–Crippen LogP) is 3.74. The Kier molecular flexibility index (Phi) is 7.04. The summed E-state index contributed by atoms with van der Waals surface area (Å²) in [5, 5.41) is 3.26. The van der Waals surface area contributed by atoms with Crippen LogP contribution < -0.4 is 5.32 Å². The van der Waals surface area contributed by atoms with Gasteiger partial charge in [-0.05, 0) is 56.7 Å². The van der Waals surface area contributed by atoms with Gasteiger partial charge >= 0.3 is 0 Å². The molecule has 25 heavy (non-hydrogen) atoms. The van der Waals surface area contributed by atoms with Gasteiger partial charge in [0.1, 0.15) is 0 Å². The van der Waals surface area contributed by atoms with E-state index < -0.39 is 10.0 Å². The molecule has 138 valence electrons. The maximum atomic E-state index is 12.2. The van der Waals surface area contributed by atoms with Gasteiger partial charge in [0.25, 0.3) is 0 Å². The van der Waals surface area contributed by atoms with Crippen LogP contribution in [0.3, 0.4) is 0 Å². The lowest BCUT2D eigenvalue weighted by Gasteiger charge is -2.21. The van der Waals surface area contributed by atoms with Gasteiger partial charge in [-0.15, -0.1) is 0 Å². The fourth-order valence-electron chi connectivity index (χ4n) is 2.79. The van der Waals surface area contributed by atoms with Gasteiger partial charge in [0.05, 0.1) is 12.8 Å². The van der Waals surface area contributed by atoms with Crippen molar-refractivity contribution in [1.82, 2.24) is 4.31 Å². The SMILES string of the molecule is Cc1ccc(NC(=O)CN(CCC2=CCCCC2)S(C)(=O)=O)cc1Cl. The van der Waals surface area contributed by atoms with Crippen molar-refractivity contribution in [3.8, 4) is 0 Å². The average Bonchev–Trinajstić information content (AvgIpc) is 2.55. The van der Waals surface area contributed by atoms with Crippen LogP contribution in [0.25, 0.3) is 0 Å². The van der Waals surface area contributed by atoms with E-state index in [4.69, 9.17) is 11.6 Å². The Labute approximate surface area is 155 Å². The second-order valence-electron chi connectivity index (χ2n) is 6.47. The van der Waals surface area contributed by atoms with Crippen molar-refractivity contribution in [1.29, 1.82) is 0 Å². The van der Waals surface area contributed by atoms with Gasteiger partial charge in [-0.1, -0.05) is 29.3 Å². The minimum Gasteiger partial charge on any atom is -0.325 e. The molecule has 0 aromatic heterocycles. The predicted molar refractivity (Wildman–Crippen MR) is 102 cm³/mol. The van der Waals surface area contributed by atoms with E-state index in [1.165, 1.54) is 16.3 Å². The van der Waals surface area contributed by atoms with Crippen LogP contribution in [0.2, 0.25) is 5.02 Å². The number of nitrogens with one attached hydrogen (secondary N) is 1. The molecule has 5 nitrogen and oxygen atoms in total. The first-order valence-corrected chi connectivity index (χ1v) is 10.7. The van der Waals surface area contributed by atoms with Crippen LogP contribution in [0.15, 0.2) is 29.8 Å². The van der Waals surface area contributed by atoms with E-state index in [0.29, 0.717) is 23.7 Å². The number of carbonyl (C=O) groups is 1. The topological polar surface area (TPSA) is 66.5 Å². The third-order valence-corrected chi connectivity index (χ3v) is 5.97. The molecule has 0 radical (unpaired) electrons. The minimum atomic E-state index is -3.45. The molecular weight excluding hydrogens is 360 g/mol. The smallest absolute Gasteiger partial charge is 0.239 e. The monoisotopic (exact) mass is 384 g/mol. The molecule has 1 aliphatic rings. The van der Waals surface area contributed by atoms with Crippen molar-refractivity contribution in [3.05, 3.63) is 40.4 Å². The third kappa shape index (κ3) is 6.45. The van der Waals surface area contributed by atoms with Gasteiger partial charge in [-0.25, -0.2) is 8.42 Å². The second-order valence-corrected chi connectivity index (χ2v) is 8.86. The maximum Gasteiger partial charge on any atom is 0.239 e. The van der Waals surface area contributed by atoms with E-state index >= 15 is 0 Å². The number of carbonyl (C=O) groups excluding carboxylic acids is 1. The zero-order chi connectivity index (χ0) is 18.4. The fourth-order valence-corrected chi connectivity index (χ4v) is 3.75. The summed E-state index contributed by atoms with van der Waals surface area (Å²) in [4.78, 5) is 12.2. The summed E-state index contributed by atoms with van der Waals surface area (Å²) in [6.07, 6.45) is 8.43. The number of aryl methyl sites for hydroxylation is 1. The molecule has 0 heterocycles. The van der Waals surface area contributed by atoms with Gasteiger partial charge in [-0.2, -0.15) is 4.31 Å². The Bertz CT molecular complexity index is 760. The van der Waals surface area contributed by atoms with Crippen molar-refractivity contribution in [2.24, 2.45) is 0 Å². The highest BCUT2D eigenvalue weighted by Gasteiger charge is 2.20. The van der Waals surface area contributed by atoms with Gasteiger partial charge in [0.2, 0.25) is 15.9 Å². The third-order valence-electron chi connectivity index (χ3n) is 4.31. The number of halogens is 1. The fraction of sp³-hybridized carbons (Fsp3) is 0.500. The molecule has 1 amide bonds. The van der Waals surface area contributed by atoms with Gasteiger partial charge < -0.3 is 5.32 Å². The van der Waals surface area contributed by atoms with Crippen LogP contribution in [0.4, 0.5) is 5.69 Å². The lowest BCUT2D eigenvalue weighted by atomic mass is 9.97. The van der Waals surface area contributed by atoms with Gasteiger partial charge in [-0.3, -0.25) is 4.79 Å². The molecule has 0 fully saturated rings. The zero-order valence-corrected chi connectivity index (χ0v) is 16.3. The Morgan fingerprint density at radius 2 is 2.08 bits per heavy atom. The maximum absolute atomic E-state index is 12.2. The molecule has 0 aliphatic heterocycles. The highest BCUT2D eigenvalue weighted by molar-refractivity contribution is 7.88. The van der Waals surface area contributed by atoms with Crippen LogP contribution in [-0.2, 0) is 14.8 Å². The van der Waals surface area contributed by atoms with Crippen LogP contribution >= 0.6 is 11.6 Å². The number of allylic oxidation sites excluding steroid dienone is 1. The number of sulfonamides is 1. The van der Waals surface area contributed by atoms with Crippen LogP contribution in [0.5, 0.6) is 0 Å². The quantitative estimate of drug-likeness (QED) is 0.728. The normalized spacial score (nSPS) is 15.1. The molecule has 0 saturated heterocycles. The Morgan fingerprint density at radius 1 is 1.32 bits per heavy atom. The zero-order valence-electron chi connectivity index (χ0n) is 14.7. The van der Waals surface area contributed by atoms with Gasteiger partial charge in [0.15, 0.2) is 0 Å². The number of hydrogen-bond acceptors (Lipinski definition) is 3. The Morgan fingerprint density at radius 3 is 2.68 bits per heavy atom. The molecule has 2 rings (SSSR count). The molecule has 0 saturated carbocycles. The molecule has 1 aliphatic carbocycles. The highest BCUT2D eigenvalue weighted by Crippen LogP contribution is 2.21. The van der Waals surface area contributed by atoms with E-state index in [9.17, 15) is 13.2 Å². The summed E-state index contributed by atoms with van der Waals surface area (Å²) in [5.41, 5.74) is 2.76. The van der Waals surface area contributed by atoms with Crippen molar-refractivity contribution >= 4 is 33.2 Å². The van der Waals surface area contributed by atoms with Crippen molar-refractivity contribution in [3.63, 3.8) is 0 Å². The lowest BCUT2D eigenvalue weighted by molar-refractivity contribution is -0.116. The Balaban J connectivity index is 1.97. The second kappa shape index (κ2) is 8.83. The molecule has 1 aromatic rings. The molecule has 0 bridgehead atoms. The summed E-state index contributed by atoms with van der Waals surface area (Å²) < 4.78 is 25.2. The molecular formula is C18H25ClN2O3S. The number of hydrogen-bond donors (Lipinski definition) is 1. The first-order chi connectivity index (χ1) is 11.8. The molecule has 0 atom stereocenters. The number of anilines is 1. The lowest BCUT2D eigenvalue weighted by Crippen LogP contribution is -2.38. The van der Waals surface area contributed by atoms with Crippen LogP contribution in [0, 0.1) is 6.92 Å². The summed E-state index contributed by atoms with van der Waals surface area (Å²) in [7, 11) is -3.45. The summed E-state index contributed by atoms with van der Waals surface area (Å²) >= 11 is 6.05. The number of nitrogens with zero attached hydrogens (tertiary/aromatic N) is 1. The van der Waals surface area contributed by atoms with Crippen molar-refractivity contribution in [2.45, 2.75) is 39.0 Å². The average molecular weight is 385 g/mol. The summed E-state index contributed by atoms with van der Waals surface area (Å²) in [6.45, 7) is 2.00. The number of amides is 1. The van der Waals surface area contributed by atoms with Crippen molar-refractivity contribution < 1.29 is 13.2 Å². The van der Waals surface area contributed by atoms with Crippen LogP contribution in [0.1, 0.15) is 37.7 Å². The Hall–Kier alpha value is -1.37. The van der Waals surface area contributed by atoms with Crippen LogP contribution in [-0.4, -0.2) is 38.0 Å². The largest absolute Gasteiger partial charge is 0.325 e. The highest BCUT2D eigenvalue weighted by atomic mass is 35.5. The van der Waals surface area contributed by atoms with E-state index in [1.807, 2.05) is 13.0 Å². The first-order valence-electron chi connectivity index (χ1n) is 8.45. The van der Waals surface area contributed by atoms with Crippen molar-refractivity contribution in [2.75, 3.05) is 24.7 Å². The van der Waals surface area contributed by atoms with E-state index in [0.717, 1.165) is 31.1 Å². The molecule has 1 aromatic carbocycles. The van der Waals surface area contributed by atoms with E-state index in [-0.39, 0.29) is 12.5 Å². The number of rotatable bonds is 7. The molecule has 1 N–H and O–H groups in total. The van der Waals surface area contributed by atoms with E-state index in [1.54, 1.807) is 12.1 Å². The van der Waals surface area contributed by atoms with Gasteiger partial charge in [0, 0.05) is 17.3 Å². The van der Waals surface area contributed by atoms with E-state index in [2.05, 4.69) is 11.4 Å². The molecule has 7 heteroatoms. The summed E-state index contributed by atoms with van der Waals surface area (Å²) in [5.74, 6) is -0.372. The molecule has 0 unspecified atom stereocenters. The first kappa shape index (κ1) is 19.9. The minimum absolute atomic E-state index is 0.197.